The van der Waals surface area contributed by atoms with Gasteiger partial charge in [-0.25, -0.2) is 4.98 Å². The van der Waals surface area contributed by atoms with Gasteiger partial charge in [-0.3, -0.25) is 4.40 Å². The highest BCUT2D eigenvalue weighted by molar-refractivity contribution is 7.17. The Balaban J connectivity index is 2.29. The Morgan fingerprint density at radius 1 is 1.33 bits per heavy atom. The number of aromatic nitrogens is 2. The van der Waals surface area contributed by atoms with E-state index in [-0.39, 0.29) is 0 Å². The van der Waals surface area contributed by atoms with Crippen LogP contribution < -0.4 is 0 Å². The van der Waals surface area contributed by atoms with Crippen molar-refractivity contribution in [2.75, 3.05) is 0 Å². The summed E-state index contributed by atoms with van der Waals surface area (Å²) < 4.78 is 1.95. The second-order valence-corrected chi connectivity index (χ2v) is 5.16. The summed E-state index contributed by atoms with van der Waals surface area (Å²) in [4.78, 5) is 6.68. The quantitative estimate of drug-likeness (QED) is 0.435. The zero-order chi connectivity index (χ0) is 12.5. The number of aryl methyl sites for hydroxylation is 1. The summed E-state index contributed by atoms with van der Waals surface area (Å²) in [5.74, 6) is 0. The highest BCUT2D eigenvalue weighted by atomic mass is 32.1. The minimum atomic E-state index is 0.794. The molecule has 0 amide bonds. The van der Waals surface area contributed by atoms with Gasteiger partial charge in [-0.05, 0) is 6.92 Å². The largest absolute Gasteiger partial charge is 0.411 e. The molecule has 0 aliphatic rings. The van der Waals surface area contributed by atoms with Crippen LogP contribution in [0.5, 0.6) is 0 Å². The lowest BCUT2D eigenvalue weighted by atomic mass is 10.1. The summed E-state index contributed by atoms with van der Waals surface area (Å²) in [5, 5.41) is 11.9. The maximum Gasteiger partial charge on any atom is 0.195 e. The number of benzene rings is 1. The molecule has 0 saturated heterocycles. The van der Waals surface area contributed by atoms with Crippen molar-refractivity contribution >= 4 is 22.5 Å². The SMILES string of the molecule is Cc1cn2c(C=NO)c(-c3ccccc3)nc2s1. The van der Waals surface area contributed by atoms with Gasteiger partial charge in [-0.1, -0.05) is 35.5 Å². The van der Waals surface area contributed by atoms with E-state index in [0.717, 1.165) is 21.9 Å². The van der Waals surface area contributed by atoms with Crippen LogP contribution in [0.4, 0.5) is 0 Å². The molecule has 0 bridgehead atoms. The van der Waals surface area contributed by atoms with Crippen molar-refractivity contribution < 1.29 is 5.21 Å². The molecule has 18 heavy (non-hydrogen) atoms. The first kappa shape index (κ1) is 11.0. The standard InChI is InChI=1S/C13H11N3OS/c1-9-8-16-11(7-14-17)12(15-13(16)18-9)10-5-3-2-4-6-10/h2-8,17H,1H3. The van der Waals surface area contributed by atoms with Crippen molar-refractivity contribution in [2.24, 2.45) is 5.16 Å². The van der Waals surface area contributed by atoms with Crippen LogP contribution in [0.2, 0.25) is 0 Å². The summed E-state index contributed by atoms with van der Waals surface area (Å²) >= 11 is 1.62. The summed E-state index contributed by atoms with van der Waals surface area (Å²) in [6, 6.07) is 9.88. The number of hydrogen-bond acceptors (Lipinski definition) is 4. The molecule has 2 heterocycles. The first-order chi connectivity index (χ1) is 8.79. The van der Waals surface area contributed by atoms with Crippen molar-refractivity contribution in [3.63, 3.8) is 0 Å². The smallest absolute Gasteiger partial charge is 0.195 e. The van der Waals surface area contributed by atoms with E-state index in [1.165, 1.54) is 11.1 Å². The average Bonchev–Trinajstić information content (AvgIpc) is 2.89. The van der Waals surface area contributed by atoms with Crippen LogP contribution in [0.15, 0.2) is 41.7 Å². The minimum Gasteiger partial charge on any atom is -0.411 e. The van der Waals surface area contributed by atoms with Crippen molar-refractivity contribution in [3.8, 4) is 11.3 Å². The van der Waals surface area contributed by atoms with Crippen molar-refractivity contribution in [2.45, 2.75) is 6.92 Å². The molecule has 90 valence electrons. The Morgan fingerprint density at radius 3 is 2.83 bits per heavy atom. The van der Waals surface area contributed by atoms with Crippen LogP contribution in [0.3, 0.4) is 0 Å². The lowest BCUT2D eigenvalue weighted by Crippen LogP contribution is -1.91. The third-order valence-electron chi connectivity index (χ3n) is 2.71. The van der Waals surface area contributed by atoms with Crippen molar-refractivity contribution in [1.29, 1.82) is 0 Å². The maximum atomic E-state index is 8.81. The molecule has 0 fully saturated rings. The zero-order valence-electron chi connectivity index (χ0n) is 9.74. The third-order valence-corrected chi connectivity index (χ3v) is 3.60. The first-order valence-electron chi connectivity index (χ1n) is 5.51. The summed E-state index contributed by atoms with van der Waals surface area (Å²) in [7, 11) is 0. The second kappa shape index (κ2) is 4.27. The topological polar surface area (TPSA) is 49.9 Å². The number of rotatable bonds is 2. The van der Waals surface area contributed by atoms with Gasteiger partial charge in [0.25, 0.3) is 0 Å². The molecule has 0 aliphatic carbocycles. The van der Waals surface area contributed by atoms with Crippen LogP contribution in [0, 0.1) is 6.92 Å². The molecule has 0 unspecified atom stereocenters. The van der Waals surface area contributed by atoms with Crippen LogP contribution in [-0.4, -0.2) is 20.8 Å². The predicted octanol–water partition coefficient (Wildman–Crippen LogP) is 3.18. The average molecular weight is 257 g/mol. The highest BCUT2D eigenvalue weighted by Gasteiger charge is 2.14. The van der Waals surface area contributed by atoms with Gasteiger partial charge in [-0.2, -0.15) is 0 Å². The van der Waals surface area contributed by atoms with Gasteiger partial charge in [0.1, 0.15) is 0 Å². The normalized spacial score (nSPS) is 11.6. The van der Waals surface area contributed by atoms with E-state index in [1.54, 1.807) is 11.3 Å². The fraction of sp³-hybridized carbons (Fsp3) is 0.0769. The van der Waals surface area contributed by atoms with Crippen molar-refractivity contribution in [3.05, 3.63) is 47.1 Å². The van der Waals surface area contributed by atoms with Crippen LogP contribution in [0.1, 0.15) is 10.6 Å². The van der Waals surface area contributed by atoms with E-state index in [0.29, 0.717) is 0 Å². The molecule has 2 aromatic heterocycles. The van der Waals surface area contributed by atoms with E-state index in [9.17, 15) is 0 Å². The number of thiazole rings is 1. The highest BCUT2D eigenvalue weighted by Crippen LogP contribution is 2.27. The Morgan fingerprint density at radius 2 is 2.11 bits per heavy atom. The molecule has 0 atom stereocenters. The minimum absolute atomic E-state index is 0.794. The molecule has 3 aromatic rings. The van der Waals surface area contributed by atoms with E-state index in [4.69, 9.17) is 5.21 Å². The molecule has 1 N–H and O–H groups in total. The fourth-order valence-corrected chi connectivity index (χ4v) is 2.79. The predicted molar refractivity (Wildman–Crippen MR) is 72.6 cm³/mol. The number of fused-ring (bicyclic) bond motifs is 1. The lowest BCUT2D eigenvalue weighted by molar-refractivity contribution is 0.321. The molecule has 3 rings (SSSR count). The van der Waals surface area contributed by atoms with Crippen molar-refractivity contribution in [1.82, 2.24) is 9.38 Å². The van der Waals surface area contributed by atoms with Gasteiger partial charge in [-0.15, -0.1) is 11.3 Å². The Hall–Kier alpha value is -2.14. The summed E-state index contributed by atoms with van der Waals surface area (Å²) in [6.45, 7) is 2.03. The van der Waals surface area contributed by atoms with Gasteiger partial charge < -0.3 is 5.21 Å². The van der Waals surface area contributed by atoms with Gasteiger partial charge >= 0.3 is 0 Å². The maximum absolute atomic E-state index is 8.81. The van der Waals surface area contributed by atoms with Crippen LogP contribution >= 0.6 is 11.3 Å². The van der Waals surface area contributed by atoms with Gasteiger partial charge in [0.2, 0.25) is 0 Å². The van der Waals surface area contributed by atoms with Gasteiger partial charge in [0.05, 0.1) is 17.6 Å². The van der Waals surface area contributed by atoms with E-state index < -0.39 is 0 Å². The number of nitrogens with zero attached hydrogens (tertiary/aromatic N) is 3. The number of oxime groups is 1. The molecule has 0 radical (unpaired) electrons. The first-order valence-corrected chi connectivity index (χ1v) is 6.32. The molecule has 4 nitrogen and oxygen atoms in total. The third kappa shape index (κ3) is 1.69. The van der Waals surface area contributed by atoms with E-state index >= 15 is 0 Å². The summed E-state index contributed by atoms with van der Waals surface area (Å²) in [5.41, 5.74) is 2.64. The fourth-order valence-electron chi connectivity index (χ4n) is 1.96. The monoisotopic (exact) mass is 257 g/mol. The van der Waals surface area contributed by atoms with E-state index in [2.05, 4.69) is 10.1 Å². The molecule has 5 heteroatoms. The molecule has 0 saturated carbocycles. The molecular weight excluding hydrogens is 246 g/mol. The number of imidazole rings is 1. The van der Waals surface area contributed by atoms with Crippen LogP contribution in [0.25, 0.3) is 16.2 Å². The molecular formula is C13H11N3OS. The van der Waals surface area contributed by atoms with E-state index in [1.807, 2.05) is 47.9 Å². The Bertz CT molecular complexity index is 712. The van der Waals surface area contributed by atoms with Gasteiger partial charge in [0, 0.05) is 16.6 Å². The summed E-state index contributed by atoms with van der Waals surface area (Å²) in [6.07, 6.45) is 3.42. The molecule has 1 aromatic carbocycles. The zero-order valence-corrected chi connectivity index (χ0v) is 10.6. The molecule has 0 aliphatic heterocycles. The van der Waals surface area contributed by atoms with Gasteiger partial charge in [0.15, 0.2) is 4.96 Å². The number of hydrogen-bond donors (Lipinski definition) is 1. The Kier molecular flexibility index (Phi) is 2.60. The second-order valence-electron chi connectivity index (χ2n) is 3.95. The van der Waals surface area contributed by atoms with Crippen LogP contribution in [-0.2, 0) is 0 Å². The lowest BCUT2D eigenvalue weighted by Gasteiger charge is -1.98. The molecule has 0 spiro atoms. The Labute approximate surface area is 108 Å².